The minimum absolute atomic E-state index is 0.160. The van der Waals surface area contributed by atoms with Gasteiger partial charge >= 0.3 is 0 Å². The third-order valence-corrected chi connectivity index (χ3v) is 8.33. The van der Waals surface area contributed by atoms with E-state index in [9.17, 15) is 0 Å². The van der Waals surface area contributed by atoms with E-state index in [2.05, 4.69) is 90.6 Å². The number of nitrogens with one attached hydrogen (secondary N) is 2. The molecule has 0 unspecified atom stereocenters. The molecule has 2 fully saturated rings. The first-order chi connectivity index (χ1) is 18.8. The van der Waals surface area contributed by atoms with Crippen molar-refractivity contribution in [3.05, 3.63) is 59.9 Å². The topological polar surface area (TPSA) is 87.7 Å². The minimum Gasteiger partial charge on any atom is -0.377 e. The summed E-state index contributed by atoms with van der Waals surface area (Å²) in [6.07, 6.45) is 2.84. The van der Waals surface area contributed by atoms with E-state index in [0.29, 0.717) is 25.1 Å². The molecular formula is C30H39N7O2. The summed E-state index contributed by atoms with van der Waals surface area (Å²) >= 11 is 0. The Bertz CT molecular complexity index is 1330. The number of fused-ring (bicyclic) bond motifs is 3. The van der Waals surface area contributed by atoms with Crippen molar-refractivity contribution in [2.24, 2.45) is 0 Å². The van der Waals surface area contributed by atoms with E-state index in [-0.39, 0.29) is 17.1 Å². The fourth-order valence-electron chi connectivity index (χ4n) is 6.12. The van der Waals surface area contributed by atoms with Crippen LogP contribution in [-0.2, 0) is 21.4 Å². The molecule has 0 aliphatic carbocycles. The zero-order valence-corrected chi connectivity index (χ0v) is 23.6. The summed E-state index contributed by atoms with van der Waals surface area (Å²) in [5.74, 6) is 2.37. The first kappa shape index (κ1) is 26.0. The maximum Gasteiger partial charge on any atom is 0.229 e. The highest BCUT2D eigenvalue weighted by molar-refractivity contribution is 5.71. The maximum atomic E-state index is 6.34. The van der Waals surface area contributed by atoms with E-state index in [1.807, 2.05) is 13.2 Å². The van der Waals surface area contributed by atoms with Gasteiger partial charge < -0.3 is 29.9 Å². The first-order valence-electron chi connectivity index (χ1n) is 13.9. The van der Waals surface area contributed by atoms with Gasteiger partial charge in [-0.25, -0.2) is 9.97 Å². The predicted molar refractivity (Wildman–Crippen MR) is 154 cm³/mol. The Morgan fingerprint density at radius 3 is 2.67 bits per heavy atom. The molecule has 2 aromatic heterocycles. The van der Waals surface area contributed by atoms with Gasteiger partial charge in [-0.15, -0.1) is 0 Å². The predicted octanol–water partition coefficient (Wildman–Crippen LogP) is 4.54. The fraction of sp³-hybridized carbons (Fsp3) is 0.500. The lowest BCUT2D eigenvalue weighted by atomic mass is 9.73. The second-order valence-electron chi connectivity index (χ2n) is 11.8. The summed E-state index contributed by atoms with van der Waals surface area (Å²) < 4.78 is 11.9. The molecule has 2 saturated heterocycles. The van der Waals surface area contributed by atoms with Crippen LogP contribution in [0.2, 0.25) is 0 Å². The van der Waals surface area contributed by atoms with Crippen molar-refractivity contribution in [2.75, 3.05) is 48.5 Å². The molecule has 9 heteroatoms. The van der Waals surface area contributed by atoms with Crippen molar-refractivity contribution in [1.29, 1.82) is 0 Å². The van der Waals surface area contributed by atoms with Crippen LogP contribution in [0.3, 0.4) is 0 Å². The first-order valence-corrected chi connectivity index (χ1v) is 13.9. The number of hydrogen-bond donors (Lipinski definition) is 2. The lowest BCUT2D eigenvalue weighted by Gasteiger charge is -2.46. The van der Waals surface area contributed by atoms with E-state index >= 15 is 0 Å². The second kappa shape index (κ2) is 10.0. The lowest BCUT2D eigenvalue weighted by molar-refractivity contribution is -0.0893. The monoisotopic (exact) mass is 529 g/mol. The Hall–Kier alpha value is -3.27. The maximum absolute atomic E-state index is 6.34. The Morgan fingerprint density at radius 2 is 1.90 bits per heavy atom. The van der Waals surface area contributed by atoms with Crippen LogP contribution in [-0.4, -0.2) is 66.0 Å². The molecule has 0 spiro atoms. The summed E-state index contributed by atoms with van der Waals surface area (Å²) in [6, 6.07) is 15.2. The summed E-state index contributed by atoms with van der Waals surface area (Å²) in [5, 5.41) is 6.65. The molecule has 3 atom stereocenters. The highest BCUT2D eigenvalue weighted by Gasteiger charge is 2.55. The minimum atomic E-state index is -0.236. The van der Waals surface area contributed by atoms with Crippen LogP contribution in [0.25, 0.3) is 0 Å². The van der Waals surface area contributed by atoms with Gasteiger partial charge in [0.2, 0.25) is 5.95 Å². The number of benzene rings is 1. The van der Waals surface area contributed by atoms with E-state index in [4.69, 9.17) is 24.4 Å². The number of morpholine rings is 1. The highest BCUT2D eigenvalue weighted by Crippen LogP contribution is 2.52. The smallest absolute Gasteiger partial charge is 0.229 e. The van der Waals surface area contributed by atoms with E-state index in [1.165, 1.54) is 5.69 Å². The molecule has 0 radical (unpaired) electrons. The van der Waals surface area contributed by atoms with Gasteiger partial charge in [-0.3, -0.25) is 0 Å². The average molecular weight is 530 g/mol. The summed E-state index contributed by atoms with van der Waals surface area (Å²) in [6.45, 7) is 12.5. The van der Waals surface area contributed by atoms with Crippen molar-refractivity contribution >= 4 is 29.0 Å². The zero-order chi connectivity index (χ0) is 27.2. The summed E-state index contributed by atoms with van der Waals surface area (Å²) in [7, 11) is 1.94. The zero-order valence-electron chi connectivity index (χ0n) is 23.6. The Morgan fingerprint density at radius 1 is 1.08 bits per heavy atom. The van der Waals surface area contributed by atoms with Gasteiger partial charge in [-0.05, 0) is 70.6 Å². The number of nitrogens with zero attached hydrogens (tertiary/aromatic N) is 5. The third-order valence-electron chi connectivity index (χ3n) is 8.33. The molecule has 1 aromatic carbocycles. The van der Waals surface area contributed by atoms with Gasteiger partial charge in [0.15, 0.2) is 0 Å². The van der Waals surface area contributed by atoms with Gasteiger partial charge in [0.1, 0.15) is 11.6 Å². The van der Waals surface area contributed by atoms with Crippen LogP contribution in [0.15, 0.2) is 48.7 Å². The van der Waals surface area contributed by atoms with Gasteiger partial charge in [-0.2, -0.15) is 4.98 Å². The van der Waals surface area contributed by atoms with Crippen molar-refractivity contribution in [1.82, 2.24) is 20.3 Å². The Kier molecular flexibility index (Phi) is 6.69. The van der Waals surface area contributed by atoms with Gasteiger partial charge in [0.25, 0.3) is 0 Å². The van der Waals surface area contributed by atoms with Crippen molar-refractivity contribution in [3.8, 4) is 0 Å². The van der Waals surface area contributed by atoms with Crippen molar-refractivity contribution in [3.63, 3.8) is 0 Å². The molecule has 6 rings (SSSR count). The number of ether oxygens (including phenoxy) is 2. The molecule has 5 heterocycles. The molecule has 2 N–H and O–H groups in total. The van der Waals surface area contributed by atoms with Crippen molar-refractivity contribution < 1.29 is 9.47 Å². The van der Waals surface area contributed by atoms with E-state index in [0.717, 1.165) is 54.8 Å². The van der Waals surface area contributed by atoms with E-state index < -0.39 is 0 Å². The number of pyridine rings is 1. The van der Waals surface area contributed by atoms with Crippen LogP contribution in [0.4, 0.5) is 29.0 Å². The van der Waals surface area contributed by atoms with Gasteiger partial charge in [0.05, 0.1) is 37.2 Å². The van der Waals surface area contributed by atoms with Crippen LogP contribution < -0.4 is 20.4 Å². The van der Waals surface area contributed by atoms with Crippen LogP contribution in [0.5, 0.6) is 0 Å². The van der Waals surface area contributed by atoms with E-state index in [1.54, 1.807) is 0 Å². The molecule has 39 heavy (non-hydrogen) atoms. The SMILES string of the molecule is CNCc1cccc(N2c3nc(Nc4ccc(N5CCOC[C@@H]5C)cc4)ncc3[C@@]3(C)COC(C)(C)C[C@@H]23)n1. The molecule has 3 aliphatic rings. The molecule has 3 aromatic rings. The van der Waals surface area contributed by atoms with Crippen LogP contribution in [0, 0.1) is 0 Å². The number of rotatable bonds is 6. The van der Waals surface area contributed by atoms with Gasteiger partial charge in [0, 0.05) is 47.7 Å². The second-order valence-corrected chi connectivity index (χ2v) is 11.8. The van der Waals surface area contributed by atoms with Crippen LogP contribution in [0.1, 0.15) is 45.4 Å². The third kappa shape index (κ3) is 4.83. The molecule has 206 valence electrons. The molecule has 0 saturated carbocycles. The lowest BCUT2D eigenvalue weighted by Crippen LogP contribution is -2.54. The number of hydrogen-bond acceptors (Lipinski definition) is 9. The average Bonchev–Trinajstić information content (AvgIpc) is 3.16. The largest absolute Gasteiger partial charge is 0.377 e. The van der Waals surface area contributed by atoms with Crippen molar-refractivity contribution in [2.45, 2.75) is 63.8 Å². The fourth-order valence-corrected chi connectivity index (χ4v) is 6.12. The molecule has 0 bridgehead atoms. The van der Waals surface area contributed by atoms with Gasteiger partial charge in [-0.1, -0.05) is 13.0 Å². The Labute approximate surface area is 231 Å². The number of anilines is 5. The summed E-state index contributed by atoms with van der Waals surface area (Å²) in [4.78, 5) is 19.6. The molecule has 3 aliphatic heterocycles. The Balaban J connectivity index is 1.33. The normalized spacial score (nSPS) is 25.8. The quantitative estimate of drug-likeness (QED) is 0.478. The molecule has 0 amide bonds. The standard InChI is InChI=1S/C30H39N7O2/c1-20-18-38-14-13-36(20)23-11-9-21(10-12-23)34-28-32-17-24-27(35-28)37(26-8-6-7-22(33-26)16-31-5)25-15-29(2,3)39-19-30(24,25)4/h6-12,17,20,25,31H,13-16,18-19H2,1-5H3,(H,32,34,35)/t20-,25+,30+/m0/s1. The molecule has 9 nitrogen and oxygen atoms in total. The highest BCUT2D eigenvalue weighted by atomic mass is 16.5. The van der Waals surface area contributed by atoms with Crippen LogP contribution >= 0.6 is 0 Å². The molecular weight excluding hydrogens is 490 g/mol. The number of aromatic nitrogens is 3. The summed E-state index contributed by atoms with van der Waals surface area (Å²) in [5.41, 5.74) is 3.78.